The third-order valence-electron chi connectivity index (χ3n) is 3.13. The summed E-state index contributed by atoms with van der Waals surface area (Å²) in [5, 5.41) is 9.68. The molecule has 0 spiro atoms. The van der Waals surface area contributed by atoms with Crippen molar-refractivity contribution >= 4 is 9.28 Å². The van der Waals surface area contributed by atoms with Gasteiger partial charge in [-0.25, -0.2) is 0 Å². The Kier molecular flexibility index (Phi) is 4.95. The lowest BCUT2D eigenvalue weighted by atomic mass is 10.1. The SMILES string of the molecule is CC1O[SiH](CCCOCC2CO2)OC(C)C1O. The van der Waals surface area contributed by atoms with Crippen LogP contribution in [0.4, 0.5) is 0 Å². The predicted octanol–water partition coefficient (Wildman–Crippen LogP) is 0.197. The average molecular weight is 262 g/mol. The van der Waals surface area contributed by atoms with Gasteiger partial charge in [0.25, 0.3) is 0 Å². The largest absolute Gasteiger partial charge is 0.391 e. The molecule has 0 aromatic heterocycles. The molecular formula is C11H22O5Si. The van der Waals surface area contributed by atoms with Gasteiger partial charge in [0.1, 0.15) is 12.2 Å². The average Bonchev–Trinajstić information content (AvgIpc) is 3.09. The fourth-order valence-electron chi connectivity index (χ4n) is 1.92. The number of epoxide rings is 1. The quantitative estimate of drug-likeness (QED) is 0.421. The van der Waals surface area contributed by atoms with Crippen LogP contribution in [0.5, 0.6) is 0 Å². The summed E-state index contributed by atoms with van der Waals surface area (Å²) in [6, 6.07) is 0.937. The zero-order valence-electron chi connectivity index (χ0n) is 10.5. The minimum atomic E-state index is -1.60. The van der Waals surface area contributed by atoms with Gasteiger partial charge in [0.15, 0.2) is 0 Å². The fraction of sp³-hybridized carbons (Fsp3) is 1.00. The maximum Gasteiger partial charge on any atom is 0.322 e. The van der Waals surface area contributed by atoms with Crippen molar-refractivity contribution in [1.82, 2.24) is 0 Å². The number of hydrogen-bond donors (Lipinski definition) is 1. The van der Waals surface area contributed by atoms with Gasteiger partial charge >= 0.3 is 9.28 Å². The molecule has 3 atom stereocenters. The van der Waals surface area contributed by atoms with E-state index in [9.17, 15) is 5.11 Å². The Labute approximate surface area is 104 Å². The van der Waals surface area contributed by atoms with Crippen molar-refractivity contribution in [3.63, 3.8) is 0 Å². The molecule has 100 valence electrons. The Morgan fingerprint density at radius 2 is 1.94 bits per heavy atom. The summed E-state index contributed by atoms with van der Waals surface area (Å²) in [7, 11) is -1.60. The van der Waals surface area contributed by atoms with Crippen LogP contribution in [-0.4, -0.2) is 58.6 Å². The zero-order valence-corrected chi connectivity index (χ0v) is 11.7. The van der Waals surface area contributed by atoms with Gasteiger partial charge in [0, 0.05) is 6.61 Å². The lowest BCUT2D eigenvalue weighted by Crippen LogP contribution is -2.49. The number of aliphatic hydroxyl groups is 1. The second-order valence-electron chi connectivity index (χ2n) is 4.78. The van der Waals surface area contributed by atoms with E-state index in [1.807, 2.05) is 13.8 Å². The summed E-state index contributed by atoms with van der Waals surface area (Å²) in [5.74, 6) is 0. The van der Waals surface area contributed by atoms with E-state index in [0.29, 0.717) is 12.7 Å². The molecule has 2 fully saturated rings. The first-order chi connectivity index (χ1) is 8.16. The van der Waals surface area contributed by atoms with E-state index < -0.39 is 15.4 Å². The van der Waals surface area contributed by atoms with Gasteiger partial charge in [-0.2, -0.15) is 0 Å². The van der Waals surface area contributed by atoms with Crippen molar-refractivity contribution < 1.29 is 23.4 Å². The first-order valence-electron chi connectivity index (χ1n) is 6.35. The van der Waals surface area contributed by atoms with Crippen LogP contribution < -0.4 is 0 Å². The van der Waals surface area contributed by atoms with Crippen molar-refractivity contribution in [1.29, 1.82) is 0 Å². The lowest BCUT2D eigenvalue weighted by Gasteiger charge is -2.36. The highest BCUT2D eigenvalue weighted by atomic mass is 28.3. The summed E-state index contributed by atoms with van der Waals surface area (Å²) in [6.07, 6.45) is 0.595. The first kappa shape index (κ1) is 13.4. The zero-order chi connectivity index (χ0) is 12.3. The van der Waals surface area contributed by atoms with E-state index in [2.05, 4.69) is 0 Å². The van der Waals surface area contributed by atoms with Crippen LogP contribution in [0, 0.1) is 0 Å². The highest BCUT2D eigenvalue weighted by molar-refractivity contribution is 6.44. The molecule has 0 amide bonds. The van der Waals surface area contributed by atoms with Crippen molar-refractivity contribution in [2.45, 2.75) is 50.7 Å². The molecule has 2 aliphatic rings. The molecule has 0 aromatic rings. The van der Waals surface area contributed by atoms with Crippen molar-refractivity contribution in [2.24, 2.45) is 0 Å². The van der Waals surface area contributed by atoms with E-state index in [4.69, 9.17) is 18.3 Å². The maximum absolute atomic E-state index is 9.68. The fourth-order valence-corrected chi connectivity index (χ4v) is 4.04. The minimum absolute atomic E-state index is 0.101. The van der Waals surface area contributed by atoms with Gasteiger partial charge < -0.3 is 23.4 Å². The number of aliphatic hydroxyl groups excluding tert-OH is 1. The topological polar surface area (TPSA) is 60.5 Å². The molecule has 2 rings (SSSR count). The van der Waals surface area contributed by atoms with E-state index in [0.717, 1.165) is 25.7 Å². The summed E-state index contributed by atoms with van der Waals surface area (Å²) < 4.78 is 21.9. The van der Waals surface area contributed by atoms with E-state index in [1.54, 1.807) is 0 Å². The van der Waals surface area contributed by atoms with Crippen LogP contribution in [0.1, 0.15) is 20.3 Å². The molecule has 0 aliphatic carbocycles. The third-order valence-corrected chi connectivity index (χ3v) is 5.47. The third kappa shape index (κ3) is 4.31. The maximum atomic E-state index is 9.68. The second-order valence-corrected chi connectivity index (χ2v) is 6.76. The van der Waals surface area contributed by atoms with Gasteiger partial charge in [-0.3, -0.25) is 0 Å². The molecule has 2 saturated heterocycles. The molecular weight excluding hydrogens is 240 g/mol. The van der Waals surface area contributed by atoms with Crippen molar-refractivity contribution in [3.05, 3.63) is 0 Å². The second kappa shape index (κ2) is 6.26. The van der Waals surface area contributed by atoms with Gasteiger partial charge in [0.2, 0.25) is 0 Å². The molecule has 2 aliphatic heterocycles. The summed E-state index contributed by atoms with van der Waals surface area (Å²) in [6.45, 7) is 6.10. The summed E-state index contributed by atoms with van der Waals surface area (Å²) in [4.78, 5) is 0. The Hall–Kier alpha value is 0.0169. The van der Waals surface area contributed by atoms with E-state index in [-0.39, 0.29) is 12.2 Å². The molecule has 0 bridgehead atoms. The molecule has 17 heavy (non-hydrogen) atoms. The van der Waals surface area contributed by atoms with Crippen LogP contribution in [0.15, 0.2) is 0 Å². The lowest BCUT2D eigenvalue weighted by molar-refractivity contribution is -0.0811. The van der Waals surface area contributed by atoms with Gasteiger partial charge in [0.05, 0.1) is 25.4 Å². The summed E-state index contributed by atoms with van der Waals surface area (Å²) in [5.41, 5.74) is 0. The monoisotopic (exact) mass is 262 g/mol. The molecule has 6 heteroatoms. The molecule has 0 aromatic carbocycles. The van der Waals surface area contributed by atoms with Gasteiger partial charge in [-0.15, -0.1) is 0 Å². The standard InChI is InChI=1S/C11H22O5Si/c1-8-11(12)9(2)16-17(15-8)5-3-4-13-6-10-7-14-10/h8-12,17H,3-7H2,1-2H3. The smallest absolute Gasteiger partial charge is 0.322 e. The summed E-state index contributed by atoms with van der Waals surface area (Å²) >= 11 is 0. The number of rotatable bonds is 6. The molecule has 0 saturated carbocycles. The number of hydrogen-bond acceptors (Lipinski definition) is 5. The number of ether oxygens (including phenoxy) is 2. The Morgan fingerprint density at radius 1 is 1.29 bits per heavy atom. The Morgan fingerprint density at radius 3 is 2.53 bits per heavy atom. The van der Waals surface area contributed by atoms with Gasteiger partial charge in [-0.05, 0) is 26.3 Å². The van der Waals surface area contributed by atoms with E-state index in [1.165, 1.54) is 0 Å². The van der Waals surface area contributed by atoms with Crippen LogP contribution in [0.25, 0.3) is 0 Å². The molecule has 5 nitrogen and oxygen atoms in total. The van der Waals surface area contributed by atoms with Crippen LogP contribution in [0.2, 0.25) is 6.04 Å². The van der Waals surface area contributed by atoms with Crippen LogP contribution >= 0.6 is 0 Å². The molecule has 3 unspecified atom stereocenters. The van der Waals surface area contributed by atoms with E-state index >= 15 is 0 Å². The normalized spacial score (nSPS) is 41.5. The van der Waals surface area contributed by atoms with Crippen molar-refractivity contribution in [2.75, 3.05) is 19.8 Å². The first-order valence-corrected chi connectivity index (χ1v) is 8.11. The predicted molar refractivity (Wildman–Crippen MR) is 64.2 cm³/mol. The molecule has 2 heterocycles. The highest BCUT2D eigenvalue weighted by Gasteiger charge is 2.33. The highest BCUT2D eigenvalue weighted by Crippen LogP contribution is 2.19. The van der Waals surface area contributed by atoms with Crippen LogP contribution in [-0.2, 0) is 18.3 Å². The molecule has 1 N–H and O–H groups in total. The molecule has 0 radical (unpaired) electrons. The Bertz CT molecular complexity index is 224. The van der Waals surface area contributed by atoms with Crippen LogP contribution in [0.3, 0.4) is 0 Å². The minimum Gasteiger partial charge on any atom is -0.391 e. The van der Waals surface area contributed by atoms with Crippen molar-refractivity contribution in [3.8, 4) is 0 Å². The Balaban J connectivity index is 1.55. The van der Waals surface area contributed by atoms with Gasteiger partial charge in [-0.1, -0.05) is 0 Å².